The molecular weight excluding hydrogens is 348 g/mol. The lowest BCUT2D eigenvalue weighted by molar-refractivity contribution is 0.602. The number of hydrogen-bond acceptors (Lipinski definition) is 6. The molecule has 6 nitrogen and oxygen atoms in total. The summed E-state index contributed by atoms with van der Waals surface area (Å²) < 4.78 is 23.2. The van der Waals surface area contributed by atoms with E-state index in [4.69, 9.17) is 11.6 Å². The van der Waals surface area contributed by atoms with Crippen molar-refractivity contribution in [2.24, 2.45) is 0 Å². The molecule has 2 N–H and O–H groups in total. The number of benzene rings is 1. The van der Waals surface area contributed by atoms with Gasteiger partial charge in [-0.3, -0.25) is 0 Å². The summed E-state index contributed by atoms with van der Waals surface area (Å²) >= 11 is 6.04. The number of hydrogen-bond donors (Lipinski definition) is 2. The summed E-state index contributed by atoms with van der Waals surface area (Å²) in [7, 11) is -2.93. The molecule has 2 heterocycles. The van der Waals surface area contributed by atoms with E-state index in [0.29, 0.717) is 23.2 Å². The number of aryl methyl sites for hydroxylation is 2. The highest BCUT2D eigenvalue weighted by molar-refractivity contribution is 7.91. The van der Waals surface area contributed by atoms with E-state index >= 15 is 0 Å². The van der Waals surface area contributed by atoms with E-state index in [1.54, 1.807) is 6.07 Å². The normalized spacial score (nSPS) is 19.2. The zero-order chi connectivity index (χ0) is 17.3. The second kappa shape index (κ2) is 6.57. The minimum atomic E-state index is -2.93. The average molecular weight is 367 g/mol. The third kappa shape index (κ3) is 4.15. The summed E-state index contributed by atoms with van der Waals surface area (Å²) in [5, 5.41) is 6.99. The van der Waals surface area contributed by atoms with Crippen LogP contribution in [-0.2, 0) is 9.84 Å². The van der Waals surface area contributed by atoms with Crippen LogP contribution in [-0.4, -0.2) is 35.9 Å². The third-order valence-electron chi connectivity index (χ3n) is 3.88. The lowest BCUT2D eigenvalue weighted by Gasteiger charge is -2.14. The molecule has 1 aliphatic rings. The Morgan fingerprint density at radius 2 is 2.00 bits per heavy atom. The molecule has 1 unspecified atom stereocenters. The molecular formula is C16H19ClN4O2S. The van der Waals surface area contributed by atoms with Crippen LogP contribution >= 0.6 is 11.6 Å². The number of nitrogens with one attached hydrogen (secondary N) is 2. The first-order valence-corrected chi connectivity index (χ1v) is 9.86. The van der Waals surface area contributed by atoms with Crippen LogP contribution in [0.1, 0.15) is 17.7 Å². The van der Waals surface area contributed by atoms with E-state index in [-0.39, 0.29) is 17.5 Å². The molecule has 8 heteroatoms. The lowest BCUT2D eigenvalue weighted by atomic mass is 10.2. The summed E-state index contributed by atoms with van der Waals surface area (Å²) in [6, 6.07) is 7.26. The van der Waals surface area contributed by atoms with Gasteiger partial charge in [0.15, 0.2) is 9.84 Å². The van der Waals surface area contributed by atoms with Gasteiger partial charge in [0, 0.05) is 28.5 Å². The van der Waals surface area contributed by atoms with Gasteiger partial charge in [-0.25, -0.2) is 13.4 Å². The van der Waals surface area contributed by atoms with E-state index in [0.717, 1.165) is 16.9 Å². The first kappa shape index (κ1) is 17.0. The Hall–Kier alpha value is -1.86. The second-order valence-electron chi connectivity index (χ2n) is 6.05. The standard InChI is InChI=1S/C16H19ClN4O2S/c1-10-3-4-12(17)8-14(10)20-16-18-11(2)7-15(21-16)19-13-5-6-24(22,23)9-13/h3-4,7-8,13H,5-6,9H2,1-2H3,(H2,18,19,20,21). The van der Waals surface area contributed by atoms with Crippen LogP contribution in [0.25, 0.3) is 0 Å². The molecule has 0 aliphatic carbocycles. The fourth-order valence-electron chi connectivity index (χ4n) is 2.67. The van der Waals surface area contributed by atoms with E-state index in [1.807, 2.05) is 32.0 Å². The second-order valence-corrected chi connectivity index (χ2v) is 8.71. The molecule has 3 rings (SSSR count). The van der Waals surface area contributed by atoms with Gasteiger partial charge < -0.3 is 10.6 Å². The van der Waals surface area contributed by atoms with Gasteiger partial charge in [-0.05, 0) is 38.0 Å². The maximum atomic E-state index is 11.6. The van der Waals surface area contributed by atoms with Gasteiger partial charge in [0.1, 0.15) is 5.82 Å². The Balaban J connectivity index is 1.80. The summed E-state index contributed by atoms with van der Waals surface area (Å²) in [6.45, 7) is 3.84. The van der Waals surface area contributed by atoms with Crippen molar-refractivity contribution >= 4 is 38.9 Å². The summed E-state index contributed by atoms with van der Waals surface area (Å²) in [5.74, 6) is 1.43. The number of sulfone groups is 1. The summed E-state index contributed by atoms with van der Waals surface area (Å²) in [5.41, 5.74) is 2.65. The van der Waals surface area contributed by atoms with Crippen molar-refractivity contribution in [2.45, 2.75) is 26.3 Å². The van der Waals surface area contributed by atoms with Gasteiger partial charge in [0.2, 0.25) is 5.95 Å². The molecule has 2 aromatic rings. The van der Waals surface area contributed by atoms with Gasteiger partial charge >= 0.3 is 0 Å². The fourth-order valence-corrected chi connectivity index (χ4v) is 4.51. The molecule has 1 fully saturated rings. The SMILES string of the molecule is Cc1cc(NC2CCS(=O)(=O)C2)nc(Nc2cc(Cl)ccc2C)n1. The van der Waals surface area contributed by atoms with Crippen LogP contribution in [0.4, 0.5) is 17.5 Å². The van der Waals surface area contributed by atoms with E-state index in [1.165, 1.54) is 0 Å². The Morgan fingerprint density at radius 1 is 1.21 bits per heavy atom. The Morgan fingerprint density at radius 3 is 2.71 bits per heavy atom. The lowest BCUT2D eigenvalue weighted by Crippen LogP contribution is -2.21. The highest BCUT2D eigenvalue weighted by atomic mass is 35.5. The minimum Gasteiger partial charge on any atom is -0.366 e. The number of rotatable bonds is 4. The van der Waals surface area contributed by atoms with Crippen molar-refractivity contribution < 1.29 is 8.42 Å². The molecule has 1 aromatic carbocycles. The zero-order valence-electron chi connectivity index (χ0n) is 13.5. The smallest absolute Gasteiger partial charge is 0.229 e. The topological polar surface area (TPSA) is 84.0 Å². The first-order valence-electron chi connectivity index (χ1n) is 7.66. The van der Waals surface area contributed by atoms with E-state index < -0.39 is 9.84 Å². The zero-order valence-corrected chi connectivity index (χ0v) is 15.1. The van der Waals surface area contributed by atoms with E-state index in [2.05, 4.69) is 20.6 Å². The van der Waals surface area contributed by atoms with Crippen molar-refractivity contribution in [2.75, 3.05) is 22.1 Å². The minimum absolute atomic E-state index is 0.106. The number of aromatic nitrogens is 2. The summed E-state index contributed by atoms with van der Waals surface area (Å²) in [4.78, 5) is 8.82. The molecule has 0 spiro atoms. The van der Waals surface area contributed by atoms with Gasteiger partial charge in [-0.15, -0.1) is 0 Å². The predicted molar refractivity (Wildman–Crippen MR) is 96.9 cm³/mol. The molecule has 1 aliphatic heterocycles. The molecule has 24 heavy (non-hydrogen) atoms. The molecule has 128 valence electrons. The van der Waals surface area contributed by atoms with Crippen LogP contribution in [0.3, 0.4) is 0 Å². The van der Waals surface area contributed by atoms with Crippen LogP contribution in [0.5, 0.6) is 0 Å². The highest BCUT2D eigenvalue weighted by Crippen LogP contribution is 2.24. The van der Waals surface area contributed by atoms with Crippen LogP contribution < -0.4 is 10.6 Å². The number of anilines is 3. The number of nitrogens with zero attached hydrogens (tertiary/aromatic N) is 2. The Bertz CT molecular complexity index is 870. The van der Waals surface area contributed by atoms with E-state index in [9.17, 15) is 8.42 Å². The molecule has 0 saturated carbocycles. The van der Waals surface area contributed by atoms with Gasteiger partial charge in [-0.1, -0.05) is 17.7 Å². The number of halogens is 1. The summed E-state index contributed by atoms with van der Waals surface area (Å²) in [6.07, 6.45) is 0.599. The Kier molecular flexibility index (Phi) is 4.64. The average Bonchev–Trinajstić information content (AvgIpc) is 2.81. The molecule has 0 radical (unpaired) electrons. The van der Waals surface area contributed by atoms with Crippen LogP contribution in [0, 0.1) is 13.8 Å². The van der Waals surface area contributed by atoms with Gasteiger partial charge in [-0.2, -0.15) is 4.98 Å². The first-order chi connectivity index (χ1) is 11.3. The van der Waals surface area contributed by atoms with Crippen molar-refractivity contribution in [1.29, 1.82) is 0 Å². The van der Waals surface area contributed by atoms with Crippen molar-refractivity contribution in [1.82, 2.24) is 9.97 Å². The molecule has 0 amide bonds. The van der Waals surface area contributed by atoms with Crippen LogP contribution in [0.15, 0.2) is 24.3 Å². The quantitative estimate of drug-likeness (QED) is 0.865. The maximum absolute atomic E-state index is 11.6. The van der Waals surface area contributed by atoms with Crippen molar-refractivity contribution in [3.63, 3.8) is 0 Å². The van der Waals surface area contributed by atoms with Crippen molar-refractivity contribution in [3.05, 3.63) is 40.5 Å². The largest absolute Gasteiger partial charge is 0.366 e. The van der Waals surface area contributed by atoms with Gasteiger partial charge in [0.25, 0.3) is 0 Å². The molecule has 1 aromatic heterocycles. The predicted octanol–water partition coefficient (Wildman–Crippen LogP) is 3.09. The third-order valence-corrected chi connectivity index (χ3v) is 5.89. The molecule has 1 saturated heterocycles. The van der Waals surface area contributed by atoms with Crippen LogP contribution in [0.2, 0.25) is 5.02 Å². The van der Waals surface area contributed by atoms with Crippen molar-refractivity contribution in [3.8, 4) is 0 Å². The molecule has 1 atom stereocenters. The monoisotopic (exact) mass is 366 g/mol. The molecule has 0 bridgehead atoms. The highest BCUT2D eigenvalue weighted by Gasteiger charge is 2.28. The Labute approximate surface area is 146 Å². The maximum Gasteiger partial charge on any atom is 0.229 e. The van der Waals surface area contributed by atoms with Gasteiger partial charge in [0.05, 0.1) is 11.5 Å². The fraction of sp³-hybridized carbons (Fsp3) is 0.375.